The number of rotatable bonds is 11. The molecule has 0 fully saturated rings. The molecule has 0 radical (unpaired) electrons. The van der Waals surface area contributed by atoms with Gasteiger partial charge in [-0.2, -0.15) is 0 Å². The molecule has 20 heavy (non-hydrogen) atoms. The lowest BCUT2D eigenvalue weighted by molar-refractivity contribution is -0.149. The van der Waals surface area contributed by atoms with Gasteiger partial charge in [0.15, 0.2) is 0 Å². The van der Waals surface area contributed by atoms with E-state index in [1.165, 1.54) is 0 Å². The minimum Gasteiger partial charge on any atom is -0.463 e. The van der Waals surface area contributed by atoms with E-state index in [-0.39, 0.29) is 25.1 Å². The van der Waals surface area contributed by atoms with Crippen molar-refractivity contribution in [2.75, 3.05) is 39.6 Å². The molecular formula is C14H24O6. The lowest BCUT2D eigenvalue weighted by Gasteiger charge is -2.08. The van der Waals surface area contributed by atoms with E-state index in [9.17, 15) is 9.59 Å². The summed E-state index contributed by atoms with van der Waals surface area (Å²) in [5.41, 5.74) is 0.365. The quantitative estimate of drug-likeness (QED) is 0.324. The average molecular weight is 288 g/mol. The van der Waals surface area contributed by atoms with Crippen LogP contribution in [0.1, 0.15) is 20.8 Å². The standard InChI is InChI=1S/C14H24O6/c1-11(2)13(15)19-9-7-17-5-6-18-8-10-20-14(16)12(3)4/h12H,1,5-10H2,2-4H3. The molecular weight excluding hydrogens is 264 g/mol. The Morgan fingerprint density at radius 2 is 1.35 bits per heavy atom. The molecule has 0 saturated carbocycles. The highest BCUT2D eigenvalue weighted by Crippen LogP contribution is 1.95. The number of carbonyl (C=O) groups excluding carboxylic acids is 2. The third-order valence-electron chi connectivity index (χ3n) is 2.12. The van der Waals surface area contributed by atoms with Gasteiger partial charge in [-0.25, -0.2) is 4.79 Å². The Hall–Kier alpha value is -1.40. The highest BCUT2D eigenvalue weighted by atomic mass is 16.6. The second-order valence-electron chi connectivity index (χ2n) is 4.46. The zero-order chi connectivity index (χ0) is 15.4. The molecule has 0 aliphatic heterocycles. The zero-order valence-corrected chi connectivity index (χ0v) is 12.5. The van der Waals surface area contributed by atoms with Crippen LogP contribution in [0.4, 0.5) is 0 Å². The van der Waals surface area contributed by atoms with Crippen molar-refractivity contribution in [2.45, 2.75) is 20.8 Å². The highest BCUT2D eigenvalue weighted by molar-refractivity contribution is 5.86. The van der Waals surface area contributed by atoms with Crippen molar-refractivity contribution in [2.24, 2.45) is 5.92 Å². The normalized spacial score (nSPS) is 10.4. The Bertz CT molecular complexity index is 311. The van der Waals surface area contributed by atoms with Gasteiger partial charge in [0, 0.05) is 5.57 Å². The molecule has 0 rings (SSSR count). The largest absolute Gasteiger partial charge is 0.463 e. The van der Waals surface area contributed by atoms with Crippen LogP contribution in [0.2, 0.25) is 0 Å². The lowest BCUT2D eigenvalue weighted by Crippen LogP contribution is -2.17. The monoisotopic (exact) mass is 288 g/mol. The van der Waals surface area contributed by atoms with E-state index in [2.05, 4.69) is 6.58 Å². The predicted octanol–water partition coefficient (Wildman–Crippen LogP) is 1.34. The Labute approximate surface area is 120 Å². The fourth-order valence-electron chi connectivity index (χ4n) is 1.01. The first-order chi connectivity index (χ1) is 9.45. The molecule has 0 aliphatic carbocycles. The first kappa shape index (κ1) is 18.6. The van der Waals surface area contributed by atoms with E-state index in [0.717, 1.165) is 0 Å². The van der Waals surface area contributed by atoms with Gasteiger partial charge in [0.1, 0.15) is 13.2 Å². The van der Waals surface area contributed by atoms with Gasteiger partial charge in [0.25, 0.3) is 0 Å². The summed E-state index contributed by atoms with van der Waals surface area (Å²) in [7, 11) is 0. The first-order valence-electron chi connectivity index (χ1n) is 6.60. The highest BCUT2D eigenvalue weighted by Gasteiger charge is 2.07. The second kappa shape index (κ2) is 11.4. The third kappa shape index (κ3) is 10.5. The summed E-state index contributed by atoms with van der Waals surface area (Å²) in [5, 5.41) is 0. The molecule has 0 aromatic rings. The van der Waals surface area contributed by atoms with E-state index in [4.69, 9.17) is 18.9 Å². The van der Waals surface area contributed by atoms with Crippen molar-refractivity contribution in [3.8, 4) is 0 Å². The summed E-state index contributed by atoms with van der Waals surface area (Å²) in [6, 6.07) is 0. The van der Waals surface area contributed by atoms with E-state index in [1.807, 2.05) is 0 Å². The van der Waals surface area contributed by atoms with Gasteiger partial charge in [-0.05, 0) is 6.92 Å². The minimum absolute atomic E-state index is 0.125. The van der Waals surface area contributed by atoms with Crippen LogP contribution in [0.25, 0.3) is 0 Å². The van der Waals surface area contributed by atoms with Gasteiger partial charge in [0.05, 0.1) is 32.3 Å². The van der Waals surface area contributed by atoms with Crippen LogP contribution in [0.5, 0.6) is 0 Å². The van der Waals surface area contributed by atoms with Crippen LogP contribution in [0.15, 0.2) is 12.2 Å². The molecule has 0 saturated heterocycles. The third-order valence-corrected chi connectivity index (χ3v) is 2.12. The summed E-state index contributed by atoms with van der Waals surface area (Å²) >= 11 is 0. The molecule has 0 spiro atoms. The van der Waals surface area contributed by atoms with Crippen molar-refractivity contribution in [1.82, 2.24) is 0 Å². The zero-order valence-electron chi connectivity index (χ0n) is 12.5. The number of ether oxygens (including phenoxy) is 4. The Kier molecular flexibility index (Phi) is 10.6. The average Bonchev–Trinajstić information content (AvgIpc) is 2.39. The van der Waals surface area contributed by atoms with Crippen LogP contribution in [-0.4, -0.2) is 51.6 Å². The topological polar surface area (TPSA) is 71.1 Å². The summed E-state index contributed by atoms with van der Waals surface area (Å²) in [4.78, 5) is 22.1. The molecule has 116 valence electrons. The van der Waals surface area contributed by atoms with Gasteiger partial charge < -0.3 is 18.9 Å². The summed E-state index contributed by atoms with van der Waals surface area (Å²) in [5.74, 6) is -0.777. The van der Waals surface area contributed by atoms with Crippen molar-refractivity contribution in [3.63, 3.8) is 0 Å². The van der Waals surface area contributed by atoms with Crippen LogP contribution in [0, 0.1) is 5.92 Å². The molecule has 0 N–H and O–H groups in total. The van der Waals surface area contributed by atoms with Crippen LogP contribution >= 0.6 is 0 Å². The molecule has 0 aliphatic rings. The van der Waals surface area contributed by atoms with Gasteiger partial charge in [-0.1, -0.05) is 20.4 Å². The molecule has 0 heterocycles. The van der Waals surface area contributed by atoms with Crippen LogP contribution < -0.4 is 0 Å². The molecule has 0 bridgehead atoms. The maximum absolute atomic E-state index is 11.1. The first-order valence-corrected chi connectivity index (χ1v) is 6.60. The molecule has 0 unspecified atom stereocenters. The van der Waals surface area contributed by atoms with Gasteiger partial charge in [-0.15, -0.1) is 0 Å². The summed E-state index contributed by atoms with van der Waals surface area (Å²) in [6.45, 7) is 10.5. The number of hydrogen-bond acceptors (Lipinski definition) is 6. The molecule has 0 atom stereocenters. The number of hydrogen-bond donors (Lipinski definition) is 0. The fourth-order valence-corrected chi connectivity index (χ4v) is 1.01. The fraction of sp³-hybridized carbons (Fsp3) is 0.714. The Morgan fingerprint density at radius 1 is 0.900 bits per heavy atom. The minimum atomic E-state index is -0.420. The van der Waals surface area contributed by atoms with Gasteiger partial charge >= 0.3 is 11.9 Å². The van der Waals surface area contributed by atoms with Gasteiger partial charge in [0.2, 0.25) is 0 Å². The molecule has 0 aromatic heterocycles. The van der Waals surface area contributed by atoms with Crippen molar-refractivity contribution < 1.29 is 28.5 Å². The van der Waals surface area contributed by atoms with Crippen molar-refractivity contribution >= 4 is 11.9 Å². The van der Waals surface area contributed by atoms with Crippen LogP contribution in [-0.2, 0) is 28.5 Å². The maximum atomic E-state index is 11.1. The Morgan fingerprint density at radius 3 is 1.80 bits per heavy atom. The van der Waals surface area contributed by atoms with E-state index in [1.54, 1.807) is 20.8 Å². The van der Waals surface area contributed by atoms with E-state index >= 15 is 0 Å². The summed E-state index contributed by atoms with van der Waals surface area (Å²) < 4.78 is 20.2. The number of esters is 2. The van der Waals surface area contributed by atoms with Gasteiger partial charge in [-0.3, -0.25) is 4.79 Å². The smallest absolute Gasteiger partial charge is 0.333 e. The lowest BCUT2D eigenvalue weighted by atomic mass is 10.2. The molecule has 0 aromatic carbocycles. The van der Waals surface area contributed by atoms with E-state index < -0.39 is 5.97 Å². The number of carbonyl (C=O) groups is 2. The summed E-state index contributed by atoms with van der Waals surface area (Å²) in [6.07, 6.45) is 0. The second-order valence-corrected chi connectivity index (χ2v) is 4.46. The molecule has 0 amide bonds. The SMILES string of the molecule is C=C(C)C(=O)OCCOCCOCCOC(=O)C(C)C. The Balaban J connectivity index is 3.23. The van der Waals surface area contributed by atoms with Crippen molar-refractivity contribution in [1.29, 1.82) is 0 Å². The maximum Gasteiger partial charge on any atom is 0.333 e. The van der Waals surface area contributed by atoms with Crippen molar-refractivity contribution in [3.05, 3.63) is 12.2 Å². The predicted molar refractivity (Wildman–Crippen MR) is 73.2 cm³/mol. The molecule has 6 heteroatoms. The van der Waals surface area contributed by atoms with E-state index in [0.29, 0.717) is 32.0 Å². The molecule has 6 nitrogen and oxygen atoms in total. The van der Waals surface area contributed by atoms with Crippen LogP contribution in [0.3, 0.4) is 0 Å².